The van der Waals surface area contributed by atoms with Crippen LogP contribution in [0.4, 0.5) is 5.69 Å². The number of amides is 2. The summed E-state index contributed by atoms with van der Waals surface area (Å²) in [6, 6.07) is 7.94. The third-order valence-corrected chi connectivity index (χ3v) is 4.77. The van der Waals surface area contributed by atoms with E-state index in [0.29, 0.717) is 12.8 Å². The largest absolute Gasteiger partial charge is 0.399 e. The van der Waals surface area contributed by atoms with Gasteiger partial charge in [0.05, 0.1) is 12.6 Å². The van der Waals surface area contributed by atoms with Gasteiger partial charge in [0.25, 0.3) is 0 Å². The Balaban J connectivity index is 1.65. The number of piperazine rings is 1. The van der Waals surface area contributed by atoms with Gasteiger partial charge >= 0.3 is 0 Å². The van der Waals surface area contributed by atoms with Crippen molar-refractivity contribution in [2.75, 3.05) is 12.3 Å². The molecule has 5 nitrogen and oxygen atoms in total. The van der Waals surface area contributed by atoms with Crippen molar-refractivity contribution in [3.8, 4) is 0 Å². The van der Waals surface area contributed by atoms with Crippen LogP contribution < -0.4 is 11.1 Å². The molecule has 2 aliphatic rings. The second-order valence-corrected chi connectivity index (χ2v) is 6.25. The Hall–Kier alpha value is -2.04. The topological polar surface area (TPSA) is 75.4 Å². The molecule has 1 heterocycles. The summed E-state index contributed by atoms with van der Waals surface area (Å²) in [6.45, 7) is 0.199. The van der Waals surface area contributed by atoms with Crippen molar-refractivity contribution in [2.45, 2.75) is 50.6 Å². The predicted molar refractivity (Wildman–Crippen MR) is 85.1 cm³/mol. The highest BCUT2D eigenvalue weighted by molar-refractivity contribution is 5.86. The van der Waals surface area contributed by atoms with E-state index < -0.39 is 0 Å². The molecule has 2 atom stereocenters. The lowest BCUT2D eigenvalue weighted by Crippen LogP contribution is -2.62. The van der Waals surface area contributed by atoms with E-state index in [0.717, 1.165) is 36.9 Å². The molecular formula is C17H23N3O2. The number of carbonyl (C=O) groups is 2. The van der Waals surface area contributed by atoms with E-state index >= 15 is 0 Å². The first-order valence-electron chi connectivity index (χ1n) is 8.07. The van der Waals surface area contributed by atoms with Crippen molar-refractivity contribution in [3.63, 3.8) is 0 Å². The van der Waals surface area contributed by atoms with Crippen molar-refractivity contribution in [2.24, 2.45) is 0 Å². The molecule has 0 bridgehead atoms. The summed E-state index contributed by atoms with van der Waals surface area (Å²) in [5.41, 5.74) is 7.65. The normalized spacial score (nSPS) is 24.5. The number of benzene rings is 1. The van der Waals surface area contributed by atoms with Gasteiger partial charge in [-0.1, -0.05) is 31.0 Å². The standard InChI is InChI=1S/C17H23N3O2/c18-13-6-2-1-5-12(13)9-10-17(22)20-11-16(21)19-14-7-3-4-8-15(14)20/h1-2,5-6,14-15H,3-4,7-11,18H2,(H,19,21). The van der Waals surface area contributed by atoms with E-state index in [4.69, 9.17) is 5.73 Å². The highest BCUT2D eigenvalue weighted by Crippen LogP contribution is 2.26. The molecule has 1 aliphatic heterocycles. The van der Waals surface area contributed by atoms with Crippen LogP contribution in [0.3, 0.4) is 0 Å². The smallest absolute Gasteiger partial charge is 0.239 e. The first kappa shape index (κ1) is 14.9. The Kier molecular flexibility index (Phi) is 4.32. The number of nitrogens with zero attached hydrogens (tertiary/aromatic N) is 1. The molecule has 3 N–H and O–H groups in total. The van der Waals surface area contributed by atoms with Gasteiger partial charge < -0.3 is 16.0 Å². The van der Waals surface area contributed by atoms with Crippen LogP contribution in [-0.4, -0.2) is 35.3 Å². The molecule has 5 heteroatoms. The predicted octanol–water partition coefficient (Wildman–Crippen LogP) is 1.47. The Morgan fingerprint density at radius 1 is 1.27 bits per heavy atom. The Morgan fingerprint density at radius 2 is 2.05 bits per heavy atom. The molecule has 2 unspecified atom stereocenters. The number of nitrogens with one attached hydrogen (secondary N) is 1. The quantitative estimate of drug-likeness (QED) is 0.830. The number of carbonyl (C=O) groups excluding carboxylic acids is 2. The number of fused-ring (bicyclic) bond motifs is 1. The fourth-order valence-electron chi connectivity index (χ4n) is 3.60. The molecule has 2 amide bonds. The van der Waals surface area contributed by atoms with Gasteiger partial charge in [-0.2, -0.15) is 0 Å². The van der Waals surface area contributed by atoms with E-state index in [-0.39, 0.29) is 30.4 Å². The van der Waals surface area contributed by atoms with Gasteiger partial charge in [0, 0.05) is 18.2 Å². The maximum atomic E-state index is 12.6. The van der Waals surface area contributed by atoms with E-state index in [2.05, 4.69) is 5.32 Å². The van der Waals surface area contributed by atoms with E-state index in [1.165, 1.54) is 0 Å². The zero-order chi connectivity index (χ0) is 15.5. The van der Waals surface area contributed by atoms with Gasteiger partial charge in [-0.05, 0) is 30.9 Å². The molecule has 1 saturated carbocycles. The molecule has 1 saturated heterocycles. The van der Waals surface area contributed by atoms with Crippen LogP contribution in [-0.2, 0) is 16.0 Å². The fraction of sp³-hybridized carbons (Fsp3) is 0.529. The lowest BCUT2D eigenvalue weighted by molar-refractivity contribution is -0.144. The van der Waals surface area contributed by atoms with Gasteiger partial charge in [-0.25, -0.2) is 0 Å². The first-order valence-corrected chi connectivity index (χ1v) is 8.07. The minimum atomic E-state index is -0.0317. The van der Waals surface area contributed by atoms with Crippen molar-refractivity contribution >= 4 is 17.5 Å². The number of rotatable bonds is 3. The second kappa shape index (κ2) is 6.38. The summed E-state index contributed by atoms with van der Waals surface area (Å²) in [5, 5.41) is 3.03. The van der Waals surface area contributed by atoms with Gasteiger partial charge in [-0.15, -0.1) is 0 Å². The van der Waals surface area contributed by atoms with Crippen molar-refractivity contribution in [3.05, 3.63) is 29.8 Å². The SMILES string of the molecule is Nc1ccccc1CCC(=O)N1CC(=O)NC2CCCCC21. The average molecular weight is 301 g/mol. The maximum Gasteiger partial charge on any atom is 0.239 e. The lowest BCUT2D eigenvalue weighted by atomic mass is 9.87. The third kappa shape index (κ3) is 3.08. The first-order chi connectivity index (χ1) is 10.6. The van der Waals surface area contributed by atoms with Crippen LogP contribution >= 0.6 is 0 Å². The minimum Gasteiger partial charge on any atom is -0.399 e. The van der Waals surface area contributed by atoms with Crippen molar-refractivity contribution < 1.29 is 9.59 Å². The molecule has 22 heavy (non-hydrogen) atoms. The van der Waals surface area contributed by atoms with E-state index in [1.807, 2.05) is 24.3 Å². The highest BCUT2D eigenvalue weighted by Gasteiger charge is 2.38. The maximum absolute atomic E-state index is 12.6. The molecule has 1 aromatic rings. The summed E-state index contributed by atoms with van der Waals surface area (Å²) in [4.78, 5) is 26.2. The second-order valence-electron chi connectivity index (χ2n) is 6.25. The third-order valence-electron chi connectivity index (χ3n) is 4.77. The fourth-order valence-corrected chi connectivity index (χ4v) is 3.60. The number of aryl methyl sites for hydroxylation is 1. The number of nitrogens with two attached hydrogens (primary N) is 1. The summed E-state index contributed by atoms with van der Waals surface area (Å²) in [7, 11) is 0. The monoisotopic (exact) mass is 301 g/mol. The highest BCUT2D eigenvalue weighted by atomic mass is 16.2. The molecule has 1 aliphatic carbocycles. The van der Waals surface area contributed by atoms with Crippen LogP contribution in [0.2, 0.25) is 0 Å². The van der Waals surface area contributed by atoms with Crippen molar-refractivity contribution in [1.29, 1.82) is 0 Å². The van der Waals surface area contributed by atoms with Crippen LogP contribution in [0.1, 0.15) is 37.7 Å². The Morgan fingerprint density at radius 3 is 2.86 bits per heavy atom. The molecule has 0 spiro atoms. The van der Waals surface area contributed by atoms with Crippen LogP contribution in [0.25, 0.3) is 0 Å². The summed E-state index contributed by atoms with van der Waals surface area (Å²) >= 11 is 0. The molecular weight excluding hydrogens is 278 g/mol. The molecule has 1 aromatic carbocycles. The number of para-hydroxylation sites is 1. The molecule has 118 valence electrons. The zero-order valence-corrected chi connectivity index (χ0v) is 12.8. The van der Waals surface area contributed by atoms with Crippen LogP contribution in [0.15, 0.2) is 24.3 Å². The Bertz CT molecular complexity index is 573. The number of hydrogen-bond donors (Lipinski definition) is 2. The van der Waals surface area contributed by atoms with Gasteiger partial charge in [0.2, 0.25) is 11.8 Å². The summed E-state index contributed by atoms with van der Waals surface area (Å²) < 4.78 is 0. The number of hydrogen-bond acceptors (Lipinski definition) is 3. The lowest BCUT2D eigenvalue weighted by Gasteiger charge is -2.44. The Labute approximate surface area is 130 Å². The summed E-state index contributed by atoms with van der Waals surface area (Å²) in [5.74, 6) is 0.0331. The van der Waals surface area contributed by atoms with Gasteiger partial charge in [0.1, 0.15) is 0 Å². The van der Waals surface area contributed by atoms with Gasteiger partial charge in [0.15, 0.2) is 0 Å². The van der Waals surface area contributed by atoms with Gasteiger partial charge in [-0.3, -0.25) is 9.59 Å². The molecule has 0 radical (unpaired) electrons. The number of nitrogen functional groups attached to an aromatic ring is 1. The van der Waals surface area contributed by atoms with Crippen LogP contribution in [0.5, 0.6) is 0 Å². The minimum absolute atomic E-state index is 0.0317. The zero-order valence-electron chi connectivity index (χ0n) is 12.8. The molecule has 2 fully saturated rings. The number of anilines is 1. The van der Waals surface area contributed by atoms with E-state index in [1.54, 1.807) is 4.90 Å². The average Bonchev–Trinajstić information content (AvgIpc) is 2.53. The van der Waals surface area contributed by atoms with Crippen molar-refractivity contribution in [1.82, 2.24) is 10.2 Å². The van der Waals surface area contributed by atoms with Crippen LogP contribution in [0, 0.1) is 0 Å². The van der Waals surface area contributed by atoms with E-state index in [9.17, 15) is 9.59 Å². The molecule has 0 aromatic heterocycles. The summed E-state index contributed by atoms with van der Waals surface area (Å²) in [6.07, 6.45) is 5.26. The molecule has 3 rings (SSSR count).